The Kier molecular flexibility index (Phi) is 3.56. The van der Waals surface area contributed by atoms with Gasteiger partial charge in [0.15, 0.2) is 0 Å². The number of hydrogen-bond acceptors (Lipinski definition) is 1. The molecular weight excluding hydrogens is 218 g/mol. The summed E-state index contributed by atoms with van der Waals surface area (Å²) in [6, 6.07) is 0.421. The molecule has 0 spiro atoms. The number of likely N-dealkylation sites (tertiary alicyclic amines) is 1. The van der Waals surface area contributed by atoms with Crippen LogP contribution in [-0.2, 0) is 4.79 Å². The molecule has 0 radical (unpaired) electrons. The highest BCUT2D eigenvalue weighted by Gasteiger charge is 2.31. The molecule has 2 atom stereocenters. The van der Waals surface area contributed by atoms with Crippen molar-refractivity contribution in [2.24, 2.45) is 0 Å². The lowest BCUT2D eigenvalue weighted by Crippen LogP contribution is -2.35. The van der Waals surface area contributed by atoms with E-state index in [4.69, 9.17) is 0 Å². The van der Waals surface area contributed by atoms with Crippen molar-refractivity contribution in [1.82, 2.24) is 4.90 Å². The van der Waals surface area contributed by atoms with Gasteiger partial charge in [0.05, 0.1) is 4.83 Å². The summed E-state index contributed by atoms with van der Waals surface area (Å²) in [5.41, 5.74) is 0. The molecule has 1 rings (SSSR count). The Morgan fingerprint density at radius 3 is 2.83 bits per heavy atom. The third-order valence-corrected chi connectivity index (χ3v) is 3.26. The van der Waals surface area contributed by atoms with Crippen molar-refractivity contribution in [3.63, 3.8) is 0 Å². The summed E-state index contributed by atoms with van der Waals surface area (Å²) >= 11 is 3.37. The fourth-order valence-corrected chi connectivity index (χ4v) is 2.14. The number of hydrogen-bond donors (Lipinski definition) is 0. The smallest absolute Gasteiger partial charge is 0.236 e. The molecule has 1 heterocycles. The van der Waals surface area contributed by atoms with E-state index < -0.39 is 0 Å². The molecule has 3 heteroatoms. The Bertz CT molecular complexity index is 172. The fraction of sp³-hybridized carbons (Fsp3) is 0.889. The molecule has 0 aromatic rings. The first kappa shape index (κ1) is 10.0. The Hall–Kier alpha value is -0.0500. The van der Waals surface area contributed by atoms with E-state index in [1.807, 2.05) is 4.90 Å². The van der Waals surface area contributed by atoms with Gasteiger partial charge in [-0.3, -0.25) is 4.79 Å². The largest absolute Gasteiger partial charge is 0.339 e. The van der Waals surface area contributed by atoms with Crippen molar-refractivity contribution >= 4 is 21.8 Å². The lowest BCUT2D eigenvalue weighted by molar-refractivity contribution is -0.128. The van der Waals surface area contributed by atoms with Gasteiger partial charge in [0.1, 0.15) is 0 Å². The average Bonchev–Trinajstić information content (AvgIpc) is 2.34. The average molecular weight is 234 g/mol. The van der Waals surface area contributed by atoms with Gasteiger partial charge in [-0.1, -0.05) is 29.3 Å². The highest BCUT2D eigenvalue weighted by Crippen LogP contribution is 2.21. The lowest BCUT2D eigenvalue weighted by Gasteiger charge is -2.23. The van der Waals surface area contributed by atoms with Gasteiger partial charge in [0.25, 0.3) is 0 Å². The zero-order valence-corrected chi connectivity index (χ0v) is 9.30. The number of carbonyl (C=O) groups excluding carboxylic acids is 1. The van der Waals surface area contributed by atoms with Crippen LogP contribution in [-0.4, -0.2) is 28.2 Å². The minimum absolute atomic E-state index is 0.0804. The maximum atomic E-state index is 11.5. The number of nitrogens with zero attached hydrogens (tertiary/aromatic N) is 1. The molecule has 0 aromatic heterocycles. The molecule has 1 fully saturated rings. The quantitative estimate of drug-likeness (QED) is 0.685. The topological polar surface area (TPSA) is 20.3 Å². The first-order valence-electron chi connectivity index (χ1n) is 4.61. The van der Waals surface area contributed by atoms with Gasteiger partial charge < -0.3 is 4.90 Å². The maximum absolute atomic E-state index is 11.5. The highest BCUT2D eigenvalue weighted by molar-refractivity contribution is 9.10. The maximum Gasteiger partial charge on any atom is 0.236 e. The third-order valence-electron chi connectivity index (χ3n) is 2.41. The Balaban J connectivity index is 2.47. The Morgan fingerprint density at radius 1 is 1.75 bits per heavy atom. The molecule has 2 nitrogen and oxygen atoms in total. The van der Waals surface area contributed by atoms with Gasteiger partial charge in [0, 0.05) is 12.6 Å². The number of amides is 1. The first-order valence-corrected chi connectivity index (χ1v) is 5.53. The molecule has 0 aliphatic carbocycles. The second kappa shape index (κ2) is 4.26. The summed E-state index contributed by atoms with van der Waals surface area (Å²) in [6.45, 7) is 5.21. The summed E-state index contributed by atoms with van der Waals surface area (Å²) in [5, 5.41) is 0. The van der Waals surface area contributed by atoms with Crippen LogP contribution in [0.1, 0.15) is 33.1 Å². The number of halogens is 1. The van der Waals surface area contributed by atoms with E-state index in [2.05, 4.69) is 29.8 Å². The normalized spacial score (nSPS) is 26.4. The van der Waals surface area contributed by atoms with E-state index in [9.17, 15) is 4.79 Å². The van der Waals surface area contributed by atoms with E-state index in [1.165, 1.54) is 0 Å². The third kappa shape index (κ3) is 2.00. The van der Waals surface area contributed by atoms with Crippen LogP contribution in [0.2, 0.25) is 0 Å². The predicted molar refractivity (Wildman–Crippen MR) is 53.4 cm³/mol. The van der Waals surface area contributed by atoms with Gasteiger partial charge >= 0.3 is 0 Å². The van der Waals surface area contributed by atoms with Crippen LogP contribution in [0.4, 0.5) is 0 Å². The van der Waals surface area contributed by atoms with Crippen LogP contribution in [0.3, 0.4) is 0 Å². The SMILES string of the molecule is CCCC(C)N1CCC(Br)C1=O. The molecular formula is C9H16BrNO. The van der Waals surface area contributed by atoms with E-state index in [0.717, 1.165) is 25.8 Å². The lowest BCUT2D eigenvalue weighted by atomic mass is 10.2. The summed E-state index contributed by atoms with van der Waals surface area (Å²) in [6.07, 6.45) is 3.23. The van der Waals surface area contributed by atoms with Gasteiger partial charge in [-0.2, -0.15) is 0 Å². The molecule has 2 unspecified atom stereocenters. The number of alkyl halides is 1. The van der Waals surface area contributed by atoms with Crippen LogP contribution in [0.25, 0.3) is 0 Å². The Morgan fingerprint density at radius 2 is 2.42 bits per heavy atom. The van der Waals surface area contributed by atoms with E-state index in [-0.39, 0.29) is 10.7 Å². The minimum atomic E-state index is 0.0804. The zero-order valence-electron chi connectivity index (χ0n) is 7.72. The van der Waals surface area contributed by atoms with Gasteiger partial charge in [-0.15, -0.1) is 0 Å². The summed E-state index contributed by atoms with van der Waals surface area (Å²) < 4.78 is 0. The second-order valence-electron chi connectivity index (χ2n) is 3.43. The molecule has 0 bridgehead atoms. The fourth-order valence-electron chi connectivity index (χ4n) is 1.68. The van der Waals surface area contributed by atoms with Crippen molar-refractivity contribution in [3.8, 4) is 0 Å². The second-order valence-corrected chi connectivity index (χ2v) is 4.53. The summed E-state index contributed by atoms with van der Waals surface area (Å²) in [4.78, 5) is 13.6. The standard InChI is InChI=1S/C9H16BrNO/c1-3-4-7(2)11-6-5-8(10)9(11)12/h7-8H,3-6H2,1-2H3. The summed E-state index contributed by atoms with van der Waals surface area (Å²) in [7, 11) is 0. The molecule has 0 saturated carbocycles. The first-order chi connectivity index (χ1) is 5.66. The van der Waals surface area contributed by atoms with Crippen LogP contribution in [0, 0.1) is 0 Å². The van der Waals surface area contributed by atoms with E-state index >= 15 is 0 Å². The number of rotatable bonds is 3. The molecule has 0 aromatic carbocycles. The molecule has 70 valence electrons. The van der Waals surface area contributed by atoms with Crippen molar-refractivity contribution in [3.05, 3.63) is 0 Å². The molecule has 1 amide bonds. The molecule has 1 aliphatic heterocycles. The van der Waals surface area contributed by atoms with Gasteiger partial charge in [0.2, 0.25) is 5.91 Å². The number of carbonyl (C=O) groups is 1. The van der Waals surface area contributed by atoms with Crippen molar-refractivity contribution < 1.29 is 4.79 Å². The molecule has 1 saturated heterocycles. The van der Waals surface area contributed by atoms with Crippen molar-refractivity contribution in [2.75, 3.05) is 6.54 Å². The van der Waals surface area contributed by atoms with Crippen LogP contribution in [0.5, 0.6) is 0 Å². The van der Waals surface area contributed by atoms with E-state index in [1.54, 1.807) is 0 Å². The predicted octanol–water partition coefficient (Wildman–Crippen LogP) is 2.17. The van der Waals surface area contributed by atoms with Crippen LogP contribution >= 0.6 is 15.9 Å². The zero-order chi connectivity index (χ0) is 9.14. The van der Waals surface area contributed by atoms with Crippen molar-refractivity contribution in [1.29, 1.82) is 0 Å². The molecule has 1 aliphatic rings. The monoisotopic (exact) mass is 233 g/mol. The van der Waals surface area contributed by atoms with Gasteiger partial charge in [-0.05, 0) is 19.8 Å². The van der Waals surface area contributed by atoms with Crippen molar-refractivity contribution in [2.45, 2.75) is 44.0 Å². The molecule has 12 heavy (non-hydrogen) atoms. The summed E-state index contributed by atoms with van der Waals surface area (Å²) in [5.74, 6) is 0.274. The van der Waals surface area contributed by atoms with Crippen LogP contribution < -0.4 is 0 Å². The van der Waals surface area contributed by atoms with E-state index in [0.29, 0.717) is 6.04 Å². The van der Waals surface area contributed by atoms with Crippen LogP contribution in [0.15, 0.2) is 0 Å². The molecule has 0 N–H and O–H groups in total. The minimum Gasteiger partial charge on any atom is -0.339 e. The van der Waals surface area contributed by atoms with Gasteiger partial charge in [-0.25, -0.2) is 0 Å². The highest BCUT2D eigenvalue weighted by atomic mass is 79.9. The Labute approximate surface area is 82.4 Å².